The number of nitrogens with one attached hydrogen (secondary N) is 1. The maximum Gasteiger partial charge on any atom is 0.371 e. The third-order valence-corrected chi connectivity index (χ3v) is 5.59. The summed E-state index contributed by atoms with van der Waals surface area (Å²) in [6, 6.07) is 15.3. The number of carboxylic acids is 1. The number of rotatable bonds is 8. The zero-order valence-corrected chi connectivity index (χ0v) is 19.0. The molecule has 3 aromatic rings. The number of carbonyl (C=O) groups is 2. The van der Waals surface area contributed by atoms with E-state index in [1.807, 2.05) is 0 Å². The van der Waals surface area contributed by atoms with Crippen LogP contribution in [0.4, 0.5) is 5.69 Å². The molecule has 4 rings (SSSR count). The lowest BCUT2D eigenvalue weighted by atomic mass is 10.2. The number of carbonyl (C=O) groups excluding carboxylic acids is 1. The summed E-state index contributed by atoms with van der Waals surface area (Å²) in [6.07, 6.45) is 1.73. The van der Waals surface area contributed by atoms with Crippen LogP contribution in [0, 0.1) is 0 Å². The van der Waals surface area contributed by atoms with Gasteiger partial charge in [-0.25, -0.2) is 9.79 Å². The molecule has 0 unspecified atom stereocenters. The van der Waals surface area contributed by atoms with E-state index in [4.69, 9.17) is 23.7 Å². The zero-order chi connectivity index (χ0) is 24.1. The first kappa shape index (κ1) is 23.0. The second-order valence-electron chi connectivity index (χ2n) is 6.95. The summed E-state index contributed by atoms with van der Waals surface area (Å²) in [5.41, 5.74) is 1.43. The van der Waals surface area contributed by atoms with E-state index in [9.17, 15) is 9.59 Å². The molecular weight excluding hydrogens is 460 g/mol. The van der Waals surface area contributed by atoms with E-state index in [1.165, 1.54) is 31.0 Å². The minimum Gasteiger partial charge on any atom is -0.497 e. The first-order chi connectivity index (χ1) is 16.4. The van der Waals surface area contributed by atoms with Crippen molar-refractivity contribution in [1.29, 1.82) is 0 Å². The molecule has 2 aromatic carbocycles. The Morgan fingerprint density at radius 2 is 1.88 bits per heavy atom. The monoisotopic (exact) mass is 480 g/mol. The van der Waals surface area contributed by atoms with Gasteiger partial charge in [0.25, 0.3) is 5.91 Å². The van der Waals surface area contributed by atoms with E-state index >= 15 is 0 Å². The van der Waals surface area contributed by atoms with Gasteiger partial charge in [0.05, 0.1) is 24.8 Å². The number of methoxy groups -OCH3 is 2. The number of hydrogen-bond acceptors (Lipinski definition) is 8. The number of aliphatic imine (C=N–C) groups is 1. The fraction of sp³-hybridized carbons (Fsp3) is 0.125. The van der Waals surface area contributed by atoms with Crippen LogP contribution in [-0.4, -0.2) is 36.4 Å². The molecule has 2 heterocycles. The summed E-state index contributed by atoms with van der Waals surface area (Å²) in [7, 11) is 3.10. The third-order valence-electron chi connectivity index (χ3n) is 4.68. The van der Waals surface area contributed by atoms with Gasteiger partial charge in [0.1, 0.15) is 18.1 Å². The van der Waals surface area contributed by atoms with Gasteiger partial charge in [-0.2, -0.15) is 0 Å². The lowest BCUT2D eigenvalue weighted by molar-refractivity contribution is -0.115. The Labute approximate surface area is 199 Å². The highest BCUT2D eigenvalue weighted by Gasteiger charge is 2.24. The molecule has 1 aliphatic heterocycles. The van der Waals surface area contributed by atoms with Gasteiger partial charge in [-0.15, -0.1) is 0 Å². The molecule has 2 N–H and O–H groups in total. The third kappa shape index (κ3) is 5.41. The molecule has 0 spiro atoms. The second-order valence-corrected chi connectivity index (χ2v) is 7.98. The second kappa shape index (κ2) is 10.2. The topological polar surface area (TPSA) is 120 Å². The highest BCUT2D eigenvalue weighted by atomic mass is 32.2. The van der Waals surface area contributed by atoms with Crippen molar-refractivity contribution in [2.24, 2.45) is 4.99 Å². The van der Waals surface area contributed by atoms with Crippen LogP contribution in [0.25, 0.3) is 6.08 Å². The van der Waals surface area contributed by atoms with E-state index in [0.717, 1.165) is 11.3 Å². The molecule has 1 aromatic heterocycles. The minimum absolute atomic E-state index is 0.0352. The number of benzene rings is 2. The van der Waals surface area contributed by atoms with Crippen molar-refractivity contribution in [3.8, 4) is 17.2 Å². The van der Waals surface area contributed by atoms with Crippen LogP contribution in [-0.2, 0) is 11.4 Å². The van der Waals surface area contributed by atoms with Gasteiger partial charge in [-0.3, -0.25) is 4.79 Å². The smallest absolute Gasteiger partial charge is 0.371 e. The van der Waals surface area contributed by atoms with E-state index in [1.54, 1.807) is 55.7 Å². The van der Waals surface area contributed by atoms with Crippen molar-refractivity contribution in [2.45, 2.75) is 6.61 Å². The number of furan rings is 1. The summed E-state index contributed by atoms with van der Waals surface area (Å²) >= 11 is 1.23. The van der Waals surface area contributed by atoms with Gasteiger partial charge >= 0.3 is 5.97 Å². The van der Waals surface area contributed by atoms with E-state index in [-0.39, 0.29) is 18.3 Å². The fourth-order valence-electron chi connectivity index (χ4n) is 3.02. The Balaban J connectivity index is 1.46. The van der Waals surface area contributed by atoms with Crippen LogP contribution in [0.15, 0.2) is 68.9 Å². The van der Waals surface area contributed by atoms with Crippen molar-refractivity contribution in [3.63, 3.8) is 0 Å². The Kier molecular flexibility index (Phi) is 6.88. The number of thioether (sulfide) groups is 1. The molecule has 174 valence electrons. The normalized spacial score (nSPS) is 15.4. The lowest BCUT2D eigenvalue weighted by Crippen LogP contribution is -2.19. The first-order valence-corrected chi connectivity index (χ1v) is 10.8. The summed E-state index contributed by atoms with van der Waals surface area (Å²) in [4.78, 5) is 28.3. The highest BCUT2D eigenvalue weighted by Crippen LogP contribution is 2.33. The van der Waals surface area contributed by atoms with Crippen LogP contribution >= 0.6 is 11.8 Å². The van der Waals surface area contributed by atoms with Crippen molar-refractivity contribution < 1.29 is 33.3 Å². The summed E-state index contributed by atoms with van der Waals surface area (Å²) in [5, 5.41) is 12.2. The van der Waals surface area contributed by atoms with Crippen LogP contribution in [0.3, 0.4) is 0 Å². The van der Waals surface area contributed by atoms with Crippen molar-refractivity contribution >= 4 is 40.6 Å². The largest absolute Gasteiger partial charge is 0.497 e. The molecule has 0 radical (unpaired) electrons. The zero-order valence-electron chi connectivity index (χ0n) is 18.2. The van der Waals surface area contributed by atoms with Crippen LogP contribution in [0.1, 0.15) is 21.9 Å². The summed E-state index contributed by atoms with van der Waals surface area (Å²) < 4.78 is 21.4. The predicted octanol–water partition coefficient (Wildman–Crippen LogP) is 4.47. The number of amidine groups is 1. The van der Waals surface area contributed by atoms with Crippen molar-refractivity contribution in [3.05, 3.63) is 76.6 Å². The first-order valence-electron chi connectivity index (χ1n) is 10.0. The Morgan fingerprint density at radius 1 is 1.09 bits per heavy atom. The predicted molar refractivity (Wildman–Crippen MR) is 127 cm³/mol. The SMILES string of the molecule is COc1ccc(N=C2NC(=O)C(=Cc3ccc(OCc4ccc(C(=O)O)o4)c(OC)c3)S2)cc1. The fourth-order valence-corrected chi connectivity index (χ4v) is 3.86. The number of aromatic carboxylic acids is 1. The van der Waals surface area contributed by atoms with Crippen molar-refractivity contribution in [2.75, 3.05) is 14.2 Å². The van der Waals surface area contributed by atoms with Gasteiger partial charge in [0, 0.05) is 0 Å². The maximum atomic E-state index is 12.4. The molecule has 0 saturated carbocycles. The highest BCUT2D eigenvalue weighted by molar-refractivity contribution is 8.18. The van der Waals surface area contributed by atoms with Gasteiger partial charge in [0.2, 0.25) is 5.76 Å². The number of hydrogen-bond donors (Lipinski definition) is 2. The van der Waals surface area contributed by atoms with Gasteiger partial charge < -0.3 is 29.1 Å². The maximum absolute atomic E-state index is 12.4. The summed E-state index contributed by atoms with van der Waals surface area (Å²) in [6.45, 7) is 0.0352. The molecule has 10 heteroatoms. The molecular formula is C24H20N2O7S. The molecule has 1 saturated heterocycles. The van der Waals surface area contributed by atoms with Gasteiger partial charge in [-0.05, 0) is 71.9 Å². The van der Waals surface area contributed by atoms with Crippen LogP contribution < -0.4 is 19.5 Å². The molecule has 9 nitrogen and oxygen atoms in total. The summed E-state index contributed by atoms with van der Waals surface area (Å²) in [5.74, 6) is 0.445. The van der Waals surface area contributed by atoms with Crippen molar-refractivity contribution in [1.82, 2.24) is 5.32 Å². The number of nitrogens with zero attached hydrogens (tertiary/aromatic N) is 1. The van der Waals surface area contributed by atoms with E-state index in [2.05, 4.69) is 10.3 Å². The average molecular weight is 480 g/mol. The Bertz CT molecular complexity index is 1280. The molecule has 0 aliphatic carbocycles. The molecule has 1 aliphatic rings. The molecule has 34 heavy (non-hydrogen) atoms. The van der Waals surface area contributed by atoms with Crippen LogP contribution in [0.5, 0.6) is 17.2 Å². The molecule has 0 bridgehead atoms. The number of ether oxygens (including phenoxy) is 3. The minimum atomic E-state index is -1.15. The van der Waals surface area contributed by atoms with Gasteiger partial charge in [0.15, 0.2) is 16.7 Å². The van der Waals surface area contributed by atoms with E-state index in [0.29, 0.717) is 33.0 Å². The Hall–Kier alpha value is -4.18. The van der Waals surface area contributed by atoms with Gasteiger partial charge in [-0.1, -0.05) is 6.07 Å². The quantitative estimate of drug-likeness (QED) is 0.454. The van der Waals surface area contributed by atoms with Crippen LogP contribution in [0.2, 0.25) is 0 Å². The van der Waals surface area contributed by atoms with E-state index < -0.39 is 5.97 Å². The average Bonchev–Trinajstić information content (AvgIpc) is 3.45. The molecule has 0 atom stereocenters. The number of carboxylic acid groups (broad SMARTS) is 1. The number of amides is 1. The Morgan fingerprint density at radius 3 is 2.56 bits per heavy atom. The molecule has 1 fully saturated rings. The standard InChI is InChI=1S/C24H20N2O7S/c1-30-16-6-4-15(5-7-16)25-24-26-22(27)21(34-24)12-14-3-9-18(20(11-14)31-2)32-13-17-8-10-19(33-17)23(28)29/h3-12H,13H2,1-2H3,(H,28,29)(H,25,26,27). The molecule has 1 amide bonds. The lowest BCUT2D eigenvalue weighted by Gasteiger charge is -2.10.